The van der Waals surface area contributed by atoms with Crippen molar-refractivity contribution in [2.24, 2.45) is 0 Å². The van der Waals surface area contributed by atoms with Crippen LogP contribution in [0.5, 0.6) is 0 Å². The van der Waals surface area contributed by atoms with Gasteiger partial charge >= 0.3 is 6.55 Å². The quantitative estimate of drug-likeness (QED) is 0.306. The normalized spacial score (nSPS) is 15.2. The Balaban J connectivity index is 1.40. The number of hydrogen-bond acceptors (Lipinski definition) is 4. The van der Waals surface area contributed by atoms with Crippen LogP contribution in [0.25, 0.3) is 33.3 Å². The maximum Gasteiger partial charge on any atom is 0.320 e. The van der Waals surface area contributed by atoms with Crippen molar-refractivity contribution >= 4 is 33.7 Å². The zero-order chi connectivity index (χ0) is 21.8. The molecule has 6 nitrogen and oxygen atoms in total. The van der Waals surface area contributed by atoms with E-state index in [1.54, 1.807) is 18.2 Å². The van der Waals surface area contributed by atoms with Crippen LogP contribution in [0.15, 0.2) is 59.9 Å². The lowest BCUT2D eigenvalue weighted by atomic mass is 10.1. The predicted molar refractivity (Wildman–Crippen MR) is 121 cm³/mol. The zero-order valence-electron chi connectivity index (χ0n) is 17.2. The van der Waals surface area contributed by atoms with Crippen LogP contribution < -0.4 is 0 Å². The van der Waals surface area contributed by atoms with Gasteiger partial charge in [0.1, 0.15) is 5.82 Å². The first-order valence-corrected chi connectivity index (χ1v) is 11.4. The van der Waals surface area contributed by atoms with E-state index in [1.807, 2.05) is 37.4 Å². The number of aromatic amines is 1. The van der Waals surface area contributed by atoms with Gasteiger partial charge in [0.15, 0.2) is 11.0 Å². The van der Waals surface area contributed by atoms with Crippen molar-refractivity contribution in [3.8, 4) is 11.4 Å². The molecule has 0 amide bonds. The SMILES string of the molecule is CC(Sc1nnc(-c2c[nH]c3ccccc23)n1C1CC1)c1nc2ccccc2n1C(F)F. The molecule has 9 heteroatoms. The Kier molecular flexibility index (Phi) is 4.53. The molecule has 0 radical (unpaired) electrons. The lowest BCUT2D eigenvalue weighted by Crippen LogP contribution is -2.07. The van der Waals surface area contributed by atoms with Gasteiger partial charge in [-0.25, -0.2) is 4.98 Å². The Bertz CT molecular complexity index is 1430. The highest BCUT2D eigenvalue weighted by atomic mass is 32.2. The van der Waals surface area contributed by atoms with E-state index in [-0.39, 0.29) is 5.25 Å². The lowest BCUT2D eigenvalue weighted by molar-refractivity contribution is 0.0715. The fourth-order valence-corrected chi connectivity index (χ4v) is 5.25. The number of nitrogens with zero attached hydrogens (tertiary/aromatic N) is 5. The van der Waals surface area contributed by atoms with E-state index in [2.05, 4.69) is 30.8 Å². The van der Waals surface area contributed by atoms with E-state index in [0.29, 0.717) is 22.9 Å². The van der Waals surface area contributed by atoms with Gasteiger partial charge in [-0.2, -0.15) is 8.78 Å². The molecule has 3 heterocycles. The van der Waals surface area contributed by atoms with Crippen LogP contribution in [-0.2, 0) is 0 Å². The molecule has 5 aromatic rings. The van der Waals surface area contributed by atoms with Gasteiger partial charge in [0.05, 0.1) is 16.3 Å². The van der Waals surface area contributed by atoms with Crippen molar-refractivity contribution in [2.45, 2.75) is 42.8 Å². The molecular formula is C23H20F2N6S. The maximum absolute atomic E-state index is 13.9. The Labute approximate surface area is 186 Å². The fraction of sp³-hybridized carbons (Fsp3) is 0.261. The first-order valence-electron chi connectivity index (χ1n) is 10.5. The fourth-order valence-electron chi connectivity index (χ4n) is 4.23. The number of nitrogens with one attached hydrogen (secondary N) is 1. The summed E-state index contributed by atoms with van der Waals surface area (Å²) in [4.78, 5) is 7.82. The Morgan fingerprint density at radius 1 is 1.06 bits per heavy atom. The second-order valence-electron chi connectivity index (χ2n) is 8.02. The number of benzene rings is 2. The van der Waals surface area contributed by atoms with Gasteiger partial charge in [0.2, 0.25) is 0 Å². The van der Waals surface area contributed by atoms with Crippen molar-refractivity contribution < 1.29 is 8.78 Å². The number of thioether (sulfide) groups is 1. The summed E-state index contributed by atoms with van der Waals surface area (Å²) in [6.07, 6.45) is 4.08. The number of hydrogen-bond donors (Lipinski definition) is 1. The molecule has 6 rings (SSSR count). The number of rotatable bonds is 6. The van der Waals surface area contributed by atoms with Gasteiger partial charge < -0.3 is 4.98 Å². The minimum Gasteiger partial charge on any atom is -0.360 e. The average molecular weight is 451 g/mol. The van der Waals surface area contributed by atoms with Crippen molar-refractivity contribution in [1.29, 1.82) is 0 Å². The van der Waals surface area contributed by atoms with Gasteiger partial charge in [-0.05, 0) is 38.0 Å². The second kappa shape index (κ2) is 7.44. The first kappa shape index (κ1) is 19.5. The third-order valence-corrected chi connectivity index (χ3v) is 6.92. The standard InChI is InChI=1S/C23H20F2N6S/c1-13(20-27-18-8-4-5-9-19(18)31(20)22(24)25)32-23-29-28-21(30(23)14-10-11-14)16-12-26-17-7-3-2-6-15(16)17/h2-9,12-14,22,26H,10-11H2,1H3. The summed E-state index contributed by atoms with van der Waals surface area (Å²) < 4.78 is 31.0. The van der Waals surface area contributed by atoms with E-state index in [9.17, 15) is 8.78 Å². The average Bonchev–Trinajstić information content (AvgIpc) is 3.23. The van der Waals surface area contributed by atoms with Gasteiger partial charge in [-0.15, -0.1) is 10.2 Å². The Morgan fingerprint density at radius 2 is 1.84 bits per heavy atom. The maximum atomic E-state index is 13.9. The molecule has 1 unspecified atom stereocenters. The lowest BCUT2D eigenvalue weighted by Gasteiger charge is -2.14. The second-order valence-corrected chi connectivity index (χ2v) is 9.33. The van der Waals surface area contributed by atoms with Crippen LogP contribution >= 0.6 is 11.8 Å². The monoisotopic (exact) mass is 450 g/mol. The van der Waals surface area contributed by atoms with E-state index >= 15 is 0 Å². The van der Waals surface area contributed by atoms with E-state index in [4.69, 9.17) is 0 Å². The Hall–Kier alpha value is -3.20. The summed E-state index contributed by atoms with van der Waals surface area (Å²) in [5.41, 5.74) is 3.05. The van der Waals surface area contributed by atoms with Crippen LogP contribution in [0.4, 0.5) is 8.78 Å². The predicted octanol–water partition coefficient (Wildman–Crippen LogP) is 6.36. The van der Waals surface area contributed by atoms with Crippen LogP contribution in [0, 0.1) is 0 Å². The highest BCUT2D eigenvalue weighted by Crippen LogP contribution is 2.45. The number of halogens is 2. The first-order chi connectivity index (χ1) is 15.6. The smallest absolute Gasteiger partial charge is 0.320 e. The molecule has 3 aromatic heterocycles. The van der Waals surface area contributed by atoms with E-state index < -0.39 is 6.55 Å². The molecule has 1 fully saturated rings. The van der Waals surface area contributed by atoms with Gasteiger partial charge in [-0.1, -0.05) is 42.1 Å². The number of fused-ring (bicyclic) bond motifs is 2. The molecule has 0 saturated heterocycles. The molecule has 0 bridgehead atoms. The van der Waals surface area contributed by atoms with Crippen molar-refractivity contribution in [2.75, 3.05) is 0 Å². The van der Waals surface area contributed by atoms with Crippen LogP contribution in [0.1, 0.15) is 43.4 Å². The van der Waals surface area contributed by atoms with Gasteiger partial charge in [0, 0.05) is 28.7 Å². The van der Waals surface area contributed by atoms with Crippen molar-refractivity contribution in [1.82, 2.24) is 29.3 Å². The molecule has 1 atom stereocenters. The van der Waals surface area contributed by atoms with Crippen molar-refractivity contribution in [3.05, 3.63) is 60.6 Å². The summed E-state index contributed by atoms with van der Waals surface area (Å²) in [7, 11) is 0. The highest BCUT2D eigenvalue weighted by molar-refractivity contribution is 7.99. The zero-order valence-corrected chi connectivity index (χ0v) is 18.1. The largest absolute Gasteiger partial charge is 0.360 e. The third kappa shape index (κ3) is 3.10. The number of para-hydroxylation sites is 3. The topological polar surface area (TPSA) is 64.3 Å². The summed E-state index contributed by atoms with van der Waals surface area (Å²) >= 11 is 1.42. The van der Waals surface area contributed by atoms with E-state index in [0.717, 1.165) is 44.9 Å². The van der Waals surface area contributed by atoms with Crippen LogP contribution in [0.3, 0.4) is 0 Å². The van der Waals surface area contributed by atoms with Gasteiger partial charge in [0.25, 0.3) is 0 Å². The minimum atomic E-state index is -2.66. The number of alkyl halides is 2. The number of H-pyrrole nitrogens is 1. The molecule has 1 aliphatic rings. The van der Waals surface area contributed by atoms with E-state index in [1.165, 1.54) is 11.8 Å². The van der Waals surface area contributed by atoms with Gasteiger partial charge in [-0.3, -0.25) is 9.13 Å². The third-order valence-electron chi connectivity index (χ3n) is 5.87. The molecule has 2 aromatic carbocycles. The summed E-state index contributed by atoms with van der Waals surface area (Å²) in [6, 6.07) is 15.4. The minimum absolute atomic E-state index is 0.325. The molecule has 162 valence electrons. The number of aromatic nitrogens is 6. The molecule has 1 N–H and O–H groups in total. The molecular weight excluding hydrogens is 430 g/mol. The molecule has 1 saturated carbocycles. The summed E-state index contributed by atoms with van der Waals surface area (Å²) in [5.74, 6) is 1.15. The molecule has 0 aliphatic heterocycles. The van der Waals surface area contributed by atoms with Crippen LogP contribution in [0.2, 0.25) is 0 Å². The highest BCUT2D eigenvalue weighted by Gasteiger charge is 2.32. The molecule has 0 spiro atoms. The summed E-state index contributed by atoms with van der Waals surface area (Å²) in [6.45, 7) is -0.772. The molecule has 1 aliphatic carbocycles. The van der Waals surface area contributed by atoms with Crippen molar-refractivity contribution in [3.63, 3.8) is 0 Å². The molecule has 32 heavy (non-hydrogen) atoms. The summed E-state index contributed by atoms with van der Waals surface area (Å²) in [5, 5.41) is 10.5. The van der Waals surface area contributed by atoms with Crippen LogP contribution in [-0.4, -0.2) is 29.3 Å². The number of imidazole rings is 1. The Morgan fingerprint density at radius 3 is 2.66 bits per heavy atom.